The average Bonchev–Trinajstić information content (AvgIpc) is 3.02. The fraction of sp³-hybridized carbons (Fsp3) is 0.757. The van der Waals surface area contributed by atoms with E-state index < -0.39 is 48.0 Å². The van der Waals surface area contributed by atoms with Gasteiger partial charge in [0.05, 0.1) is 31.5 Å². The lowest BCUT2D eigenvalue weighted by atomic mass is 9.76. The van der Waals surface area contributed by atoms with Crippen LogP contribution in [0.25, 0.3) is 0 Å². The second kappa shape index (κ2) is 17.9. The molecule has 9 nitrogen and oxygen atoms in total. The van der Waals surface area contributed by atoms with E-state index in [0.717, 1.165) is 11.1 Å². The van der Waals surface area contributed by atoms with Crippen LogP contribution in [0.2, 0.25) is 0 Å². The van der Waals surface area contributed by atoms with Crippen LogP contribution in [-0.4, -0.2) is 87.0 Å². The number of cyclic esters (lactones) is 1. The molecular weight excluding hydrogens is 588 g/mol. The van der Waals surface area contributed by atoms with Crippen LogP contribution in [0, 0.1) is 35.5 Å². The maximum Gasteiger partial charge on any atom is 0.373 e. The first kappa shape index (κ1) is 40.2. The number of carbonyl (C=O) groups is 1. The van der Waals surface area contributed by atoms with Gasteiger partial charge in [0.2, 0.25) is 5.76 Å². The number of allylic oxidation sites excluding steroid dienone is 5. The van der Waals surface area contributed by atoms with E-state index in [1.807, 2.05) is 65.8 Å². The summed E-state index contributed by atoms with van der Waals surface area (Å²) in [6.07, 6.45) is 6.89. The molecule has 2 rings (SSSR count). The van der Waals surface area contributed by atoms with Crippen molar-refractivity contribution in [2.24, 2.45) is 35.5 Å². The summed E-state index contributed by atoms with van der Waals surface area (Å²) >= 11 is 0. The Morgan fingerprint density at radius 2 is 1.65 bits per heavy atom. The largest absolute Gasteiger partial charge is 0.490 e. The van der Waals surface area contributed by atoms with Crippen molar-refractivity contribution >= 4 is 5.97 Å². The minimum absolute atomic E-state index is 0.00516. The Hall–Kier alpha value is -2.01. The van der Waals surface area contributed by atoms with Crippen LogP contribution in [0.3, 0.4) is 0 Å². The van der Waals surface area contributed by atoms with Gasteiger partial charge in [-0.05, 0) is 38.2 Å². The van der Waals surface area contributed by atoms with Crippen LogP contribution in [0.1, 0.15) is 75.2 Å². The number of ether oxygens (including phenoxy) is 6. The second-order valence-electron chi connectivity index (χ2n) is 13.9. The third kappa shape index (κ3) is 9.77. The number of esters is 1. The van der Waals surface area contributed by atoms with Crippen molar-refractivity contribution in [3.05, 3.63) is 47.3 Å². The van der Waals surface area contributed by atoms with E-state index in [1.165, 1.54) is 7.11 Å². The summed E-state index contributed by atoms with van der Waals surface area (Å²) in [6, 6.07) is 0. The first-order chi connectivity index (χ1) is 21.6. The standard InChI is InChI=1S/C37H62O9/c1-21(2)34-26(7)31(43-12)20-37(44-13,46-34)28(9)33(39)27(8)35-29(41-10)16-14-15-22(3)17-24(5)32(38)25(6)18-23(4)19-30(42-11)36(40)45-35/h14-16,18-19,21,24-29,31-35,38-39H,17,20H2,1-13H3/b16-14+,22-15-,23-18+,30-19-. The lowest BCUT2D eigenvalue weighted by molar-refractivity contribution is -0.340. The van der Waals surface area contributed by atoms with Crippen molar-refractivity contribution < 1.29 is 43.4 Å². The van der Waals surface area contributed by atoms with E-state index in [0.29, 0.717) is 12.8 Å². The Morgan fingerprint density at radius 1 is 1.00 bits per heavy atom. The Morgan fingerprint density at radius 3 is 2.20 bits per heavy atom. The number of aliphatic hydroxyl groups is 2. The van der Waals surface area contributed by atoms with Gasteiger partial charge < -0.3 is 38.6 Å². The molecule has 2 heterocycles. The summed E-state index contributed by atoms with van der Waals surface area (Å²) in [5.74, 6) is -2.76. The molecule has 9 heteroatoms. The summed E-state index contributed by atoms with van der Waals surface area (Å²) < 4.78 is 36.2. The van der Waals surface area contributed by atoms with E-state index in [-0.39, 0.29) is 41.6 Å². The molecule has 2 aliphatic heterocycles. The molecule has 12 atom stereocenters. The molecule has 2 aliphatic rings. The van der Waals surface area contributed by atoms with Crippen molar-refractivity contribution in [3.8, 4) is 0 Å². The normalized spacial score (nSPS) is 39.9. The third-order valence-electron chi connectivity index (χ3n) is 10.1. The maximum absolute atomic E-state index is 13.6. The van der Waals surface area contributed by atoms with E-state index in [4.69, 9.17) is 28.4 Å². The number of methoxy groups -OCH3 is 4. The third-order valence-corrected chi connectivity index (χ3v) is 10.1. The Bertz CT molecular complexity index is 1090. The average molecular weight is 651 g/mol. The lowest BCUT2D eigenvalue weighted by Gasteiger charge is -2.52. The summed E-state index contributed by atoms with van der Waals surface area (Å²) in [6.45, 7) is 17.9. The first-order valence-electron chi connectivity index (χ1n) is 16.7. The zero-order valence-electron chi connectivity index (χ0n) is 30.5. The molecule has 264 valence electrons. The molecule has 0 spiro atoms. The van der Waals surface area contributed by atoms with E-state index in [2.05, 4.69) is 20.8 Å². The van der Waals surface area contributed by atoms with Crippen molar-refractivity contribution in [1.82, 2.24) is 0 Å². The van der Waals surface area contributed by atoms with Gasteiger partial charge in [-0.2, -0.15) is 0 Å². The van der Waals surface area contributed by atoms with Crippen LogP contribution in [-0.2, 0) is 33.2 Å². The lowest BCUT2D eigenvalue weighted by Crippen LogP contribution is -2.60. The number of hydrogen-bond acceptors (Lipinski definition) is 9. The fourth-order valence-corrected chi connectivity index (χ4v) is 7.12. The maximum atomic E-state index is 13.6. The predicted octanol–water partition coefficient (Wildman–Crippen LogP) is 6.00. The number of rotatable bonds is 9. The minimum Gasteiger partial charge on any atom is -0.490 e. The van der Waals surface area contributed by atoms with Gasteiger partial charge in [-0.1, -0.05) is 83.9 Å². The molecule has 0 aromatic heterocycles. The topological polar surface area (TPSA) is 113 Å². The molecule has 0 aromatic carbocycles. The summed E-state index contributed by atoms with van der Waals surface area (Å²) in [4.78, 5) is 13.6. The molecule has 0 bridgehead atoms. The second-order valence-corrected chi connectivity index (χ2v) is 13.9. The van der Waals surface area contributed by atoms with Crippen LogP contribution in [0.15, 0.2) is 47.3 Å². The molecular formula is C37H62O9. The molecule has 46 heavy (non-hydrogen) atoms. The van der Waals surface area contributed by atoms with Gasteiger partial charge in [0.25, 0.3) is 0 Å². The van der Waals surface area contributed by atoms with Crippen molar-refractivity contribution in [3.63, 3.8) is 0 Å². The van der Waals surface area contributed by atoms with Gasteiger partial charge in [0.1, 0.15) is 12.2 Å². The first-order valence-corrected chi connectivity index (χ1v) is 16.7. The minimum atomic E-state index is -1.13. The number of carbonyl (C=O) groups excluding carboxylic acids is 1. The van der Waals surface area contributed by atoms with Crippen LogP contribution >= 0.6 is 0 Å². The molecule has 0 aromatic rings. The quantitative estimate of drug-likeness (QED) is 0.290. The van der Waals surface area contributed by atoms with Gasteiger partial charge in [-0.25, -0.2) is 4.79 Å². The predicted molar refractivity (Wildman–Crippen MR) is 180 cm³/mol. The number of aliphatic hydroxyl groups excluding tert-OH is 2. The van der Waals surface area contributed by atoms with E-state index in [1.54, 1.807) is 27.4 Å². The van der Waals surface area contributed by atoms with Crippen LogP contribution in [0.5, 0.6) is 0 Å². The summed E-state index contributed by atoms with van der Waals surface area (Å²) in [7, 11) is 6.25. The smallest absolute Gasteiger partial charge is 0.373 e. The van der Waals surface area contributed by atoms with Gasteiger partial charge in [-0.15, -0.1) is 0 Å². The zero-order chi connectivity index (χ0) is 34.9. The summed E-state index contributed by atoms with van der Waals surface area (Å²) in [5, 5.41) is 23.0. The number of hydrogen-bond donors (Lipinski definition) is 2. The highest BCUT2D eigenvalue weighted by atomic mass is 16.7. The molecule has 0 amide bonds. The van der Waals surface area contributed by atoms with E-state index in [9.17, 15) is 15.0 Å². The van der Waals surface area contributed by atoms with Crippen molar-refractivity contribution in [2.75, 3.05) is 28.4 Å². The molecule has 12 unspecified atom stereocenters. The Balaban J connectivity index is 2.57. The van der Waals surface area contributed by atoms with Crippen molar-refractivity contribution in [1.29, 1.82) is 0 Å². The van der Waals surface area contributed by atoms with Gasteiger partial charge >= 0.3 is 5.97 Å². The monoisotopic (exact) mass is 650 g/mol. The highest BCUT2D eigenvalue weighted by molar-refractivity contribution is 5.87. The zero-order valence-corrected chi connectivity index (χ0v) is 30.5. The Kier molecular flexibility index (Phi) is 15.7. The van der Waals surface area contributed by atoms with Gasteiger partial charge in [0, 0.05) is 51.4 Å². The summed E-state index contributed by atoms with van der Waals surface area (Å²) in [5.41, 5.74) is 1.85. The molecule has 1 fully saturated rings. The molecule has 0 saturated carbocycles. The SMILES string of the molecule is CO/C1=C\C(C)=C\C(C)C(O)C(C)C/C(C)=C\C=C\C(OC)C(C(C)C(O)C(C)C2(OC)CC(OC)C(C)C(C(C)C)O2)OC1=O. The Labute approximate surface area is 278 Å². The molecule has 2 N–H and O–H groups in total. The van der Waals surface area contributed by atoms with Gasteiger partial charge in [0.15, 0.2) is 5.79 Å². The fourth-order valence-electron chi connectivity index (χ4n) is 7.12. The highest BCUT2D eigenvalue weighted by Gasteiger charge is 2.53. The van der Waals surface area contributed by atoms with E-state index >= 15 is 0 Å². The van der Waals surface area contributed by atoms with Crippen molar-refractivity contribution in [2.45, 2.75) is 118 Å². The molecule has 0 aliphatic carbocycles. The van der Waals surface area contributed by atoms with Gasteiger partial charge in [-0.3, -0.25) is 0 Å². The molecule has 0 radical (unpaired) electrons. The van der Waals surface area contributed by atoms with Crippen LogP contribution < -0.4 is 0 Å². The van der Waals surface area contributed by atoms with Crippen LogP contribution in [0.4, 0.5) is 0 Å². The highest BCUT2D eigenvalue weighted by Crippen LogP contribution is 2.44. The molecule has 1 saturated heterocycles.